The highest BCUT2D eigenvalue weighted by Crippen LogP contribution is 2.25. The van der Waals surface area contributed by atoms with E-state index >= 15 is 0 Å². The number of carbonyl (C=O) groups excluding carboxylic acids is 1. The lowest BCUT2D eigenvalue weighted by molar-refractivity contribution is -0.115. The molecule has 144 valence electrons. The standard InChI is InChI=1S/C19H27NO5S/c21-19(10-12-26(22,23)18-8-1-2-9-18)20-15-5-3-6-16(13-15)25-14-17-7-4-11-24-17/h3,5-6,13,17-18H,1-2,4,7-12,14H2,(H,20,21). The van der Waals surface area contributed by atoms with Crippen LogP contribution in [0.1, 0.15) is 44.9 Å². The predicted molar refractivity (Wildman–Crippen MR) is 100 cm³/mol. The molecule has 1 saturated heterocycles. The summed E-state index contributed by atoms with van der Waals surface area (Å²) in [4.78, 5) is 12.1. The van der Waals surface area contributed by atoms with E-state index in [2.05, 4.69) is 5.32 Å². The summed E-state index contributed by atoms with van der Waals surface area (Å²) in [6.45, 7) is 1.28. The zero-order valence-corrected chi connectivity index (χ0v) is 15.8. The SMILES string of the molecule is O=C(CCS(=O)(=O)C1CCCC1)Nc1cccc(OCC2CCCO2)c1. The van der Waals surface area contributed by atoms with E-state index in [1.165, 1.54) is 0 Å². The van der Waals surface area contributed by atoms with Crippen molar-refractivity contribution in [2.45, 2.75) is 56.3 Å². The van der Waals surface area contributed by atoms with Crippen LogP contribution in [-0.4, -0.2) is 44.6 Å². The number of sulfone groups is 1. The van der Waals surface area contributed by atoms with Gasteiger partial charge >= 0.3 is 0 Å². The lowest BCUT2D eigenvalue weighted by Crippen LogP contribution is -2.24. The Labute approximate surface area is 155 Å². The summed E-state index contributed by atoms with van der Waals surface area (Å²) in [5.74, 6) is 0.290. The summed E-state index contributed by atoms with van der Waals surface area (Å²) in [5.41, 5.74) is 0.609. The molecule has 3 rings (SSSR count). The van der Waals surface area contributed by atoms with Gasteiger partial charge in [0.05, 0.1) is 17.1 Å². The van der Waals surface area contributed by atoms with Gasteiger partial charge in [-0.15, -0.1) is 0 Å². The molecule has 1 amide bonds. The first-order valence-electron chi connectivity index (χ1n) is 9.39. The molecule has 1 heterocycles. The average Bonchev–Trinajstić information content (AvgIpc) is 3.32. The third-order valence-electron chi connectivity index (χ3n) is 5.00. The van der Waals surface area contributed by atoms with Crippen molar-refractivity contribution < 1.29 is 22.7 Å². The fourth-order valence-electron chi connectivity index (χ4n) is 3.50. The highest BCUT2D eigenvalue weighted by molar-refractivity contribution is 7.92. The predicted octanol–water partition coefficient (Wildman–Crippen LogP) is 2.93. The number of carbonyl (C=O) groups is 1. The molecule has 1 aliphatic heterocycles. The van der Waals surface area contributed by atoms with Crippen molar-refractivity contribution in [2.75, 3.05) is 24.3 Å². The average molecular weight is 381 g/mol. The van der Waals surface area contributed by atoms with Gasteiger partial charge in [-0.2, -0.15) is 0 Å². The number of amides is 1. The first-order valence-corrected chi connectivity index (χ1v) is 11.1. The Bertz CT molecular complexity index is 706. The van der Waals surface area contributed by atoms with Crippen LogP contribution in [0.3, 0.4) is 0 Å². The Morgan fingerprint density at radius 2 is 2.00 bits per heavy atom. The minimum atomic E-state index is -3.17. The van der Waals surface area contributed by atoms with E-state index in [-0.39, 0.29) is 29.4 Å². The molecule has 0 spiro atoms. The third kappa shape index (κ3) is 5.45. The summed E-state index contributed by atoms with van der Waals surface area (Å²) in [6.07, 6.45) is 5.58. The molecule has 26 heavy (non-hydrogen) atoms. The van der Waals surface area contributed by atoms with Gasteiger partial charge in [-0.1, -0.05) is 18.9 Å². The minimum absolute atomic E-state index is 0.0141. The monoisotopic (exact) mass is 381 g/mol. The molecule has 2 aliphatic rings. The number of rotatable bonds is 8. The van der Waals surface area contributed by atoms with Crippen molar-refractivity contribution in [3.63, 3.8) is 0 Å². The zero-order valence-electron chi connectivity index (χ0n) is 15.0. The Kier molecular flexibility index (Phi) is 6.53. The number of nitrogens with one attached hydrogen (secondary N) is 1. The smallest absolute Gasteiger partial charge is 0.225 e. The highest BCUT2D eigenvalue weighted by Gasteiger charge is 2.28. The molecular weight excluding hydrogens is 354 g/mol. The highest BCUT2D eigenvalue weighted by atomic mass is 32.2. The Morgan fingerprint density at radius 3 is 2.73 bits per heavy atom. The van der Waals surface area contributed by atoms with Gasteiger partial charge < -0.3 is 14.8 Å². The molecule has 1 N–H and O–H groups in total. The van der Waals surface area contributed by atoms with E-state index in [0.717, 1.165) is 45.1 Å². The summed E-state index contributed by atoms with van der Waals surface area (Å²) in [7, 11) is -3.17. The summed E-state index contributed by atoms with van der Waals surface area (Å²) >= 11 is 0. The van der Waals surface area contributed by atoms with Crippen molar-refractivity contribution in [1.29, 1.82) is 0 Å². The fourth-order valence-corrected chi connectivity index (χ4v) is 5.36. The summed E-state index contributed by atoms with van der Waals surface area (Å²) in [5, 5.41) is 2.50. The number of anilines is 1. The molecule has 0 radical (unpaired) electrons. The van der Waals surface area contributed by atoms with Gasteiger partial charge in [-0.05, 0) is 37.8 Å². The lowest BCUT2D eigenvalue weighted by Gasteiger charge is -2.13. The van der Waals surface area contributed by atoms with Gasteiger partial charge in [-0.25, -0.2) is 8.42 Å². The number of hydrogen-bond acceptors (Lipinski definition) is 5. The molecule has 1 unspecified atom stereocenters. The van der Waals surface area contributed by atoms with Crippen molar-refractivity contribution in [2.24, 2.45) is 0 Å². The molecule has 0 bridgehead atoms. The largest absolute Gasteiger partial charge is 0.491 e. The molecule has 1 atom stereocenters. The second-order valence-corrected chi connectivity index (χ2v) is 9.45. The minimum Gasteiger partial charge on any atom is -0.491 e. The topological polar surface area (TPSA) is 81.7 Å². The Hall–Kier alpha value is -1.60. The third-order valence-corrected chi connectivity index (χ3v) is 7.26. The van der Waals surface area contributed by atoms with Gasteiger partial charge in [0.1, 0.15) is 12.4 Å². The Balaban J connectivity index is 1.46. The molecule has 7 heteroatoms. The van der Waals surface area contributed by atoms with E-state index in [0.29, 0.717) is 18.0 Å². The number of hydrogen-bond donors (Lipinski definition) is 1. The van der Waals surface area contributed by atoms with E-state index in [9.17, 15) is 13.2 Å². The molecule has 1 aromatic carbocycles. The maximum absolute atomic E-state index is 12.2. The van der Waals surface area contributed by atoms with E-state index in [4.69, 9.17) is 9.47 Å². The molecule has 1 aromatic rings. The first kappa shape index (κ1) is 19.2. The summed E-state index contributed by atoms with van der Waals surface area (Å²) in [6, 6.07) is 7.14. The maximum atomic E-state index is 12.2. The van der Waals surface area contributed by atoms with Crippen LogP contribution in [0.5, 0.6) is 5.75 Å². The van der Waals surface area contributed by atoms with Gasteiger partial charge in [0, 0.05) is 24.8 Å². The lowest BCUT2D eigenvalue weighted by atomic mass is 10.2. The zero-order chi connectivity index (χ0) is 18.4. The van der Waals surface area contributed by atoms with Crippen LogP contribution in [0.15, 0.2) is 24.3 Å². The molecule has 2 fully saturated rings. The van der Waals surface area contributed by atoms with Crippen LogP contribution in [-0.2, 0) is 19.4 Å². The molecule has 1 aliphatic carbocycles. The molecule has 0 aromatic heterocycles. The first-order chi connectivity index (χ1) is 12.5. The second-order valence-electron chi connectivity index (χ2n) is 7.05. The van der Waals surface area contributed by atoms with Crippen LogP contribution < -0.4 is 10.1 Å². The molecule has 1 saturated carbocycles. The van der Waals surface area contributed by atoms with Crippen LogP contribution >= 0.6 is 0 Å². The van der Waals surface area contributed by atoms with Crippen LogP contribution in [0, 0.1) is 0 Å². The maximum Gasteiger partial charge on any atom is 0.225 e. The van der Waals surface area contributed by atoms with Crippen molar-refractivity contribution in [3.05, 3.63) is 24.3 Å². The number of ether oxygens (including phenoxy) is 2. The van der Waals surface area contributed by atoms with Crippen LogP contribution in [0.25, 0.3) is 0 Å². The number of benzene rings is 1. The van der Waals surface area contributed by atoms with Crippen molar-refractivity contribution >= 4 is 21.4 Å². The normalized spacial score (nSPS) is 21.0. The van der Waals surface area contributed by atoms with Crippen molar-refractivity contribution in [3.8, 4) is 5.75 Å². The van der Waals surface area contributed by atoms with Crippen molar-refractivity contribution in [1.82, 2.24) is 0 Å². The Morgan fingerprint density at radius 1 is 1.19 bits per heavy atom. The molecular formula is C19H27NO5S. The van der Waals surface area contributed by atoms with E-state index in [1.807, 2.05) is 6.07 Å². The van der Waals surface area contributed by atoms with Crippen LogP contribution in [0.2, 0.25) is 0 Å². The second kappa shape index (κ2) is 8.86. The van der Waals surface area contributed by atoms with E-state index in [1.54, 1.807) is 18.2 Å². The quantitative estimate of drug-likeness (QED) is 0.749. The fraction of sp³-hybridized carbons (Fsp3) is 0.632. The van der Waals surface area contributed by atoms with Crippen LogP contribution in [0.4, 0.5) is 5.69 Å². The van der Waals surface area contributed by atoms with Gasteiger partial charge in [0.2, 0.25) is 5.91 Å². The molecule has 6 nitrogen and oxygen atoms in total. The summed E-state index contributed by atoms with van der Waals surface area (Å²) < 4.78 is 35.7. The van der Waals surface area contributed by atoms with Gasteiger partial charge in [-0.3, -0.25) is 4.79 Å². The van der Waals surface area contributed by atoms with Gasteiger partial charge in [0.25, 0.3) is 0 Å². The van der Waals surface area contributed by atoms with Gasteiger partial charge in [0.15, 0.2) is 9.84 Å². The van der Waals surface area contributed by atoms with E-state index < -0.39 is 9.84 Å².